The Balaban J connectivity index is 1.57. The number of aromatic nitrogens is 3. The van der Waals surface area contributed by atoms with Crippen LogP contribution in [0.15, 0.2) is 30.6 Å². The zero-order chi connectivity index (χ0) is 13.8. The monoisotopic (exact) mass is 271 g/mol. The molecule has 0 aromatic carbocycles. The van der Waals surface area contributed by atoms with E-state index >= 15 is 0 Å². The minimum Gasteiger partial charge on any atom is -0.355 e. The smallest absolute Gasteiger partial charge is 0.128 e. The van der Waals surface area contributed by atoms with Crippen LogP contribution < -0.4 is 10.2 Å². The lowest BCUT2D eigenvalue weighted by molar-refractivity contribution is 0.417. The average Bonchev–Trinajstić information content (AvgIpc) is 2.92. The van der Waals surface area contributed by atoms with Crippen LogP contribution in [-0.4, -0.2) is 34.3 Å². The van der Waals surface area contributed by atoms with Crippen LogP contribution in [0.2, 0.25) is 0 Å². The van der Waals surface area contributed by atoms with Gasteiger partial charge < -0.3 is 10.2 Å². The van der Waals surface area contributed by atoms with E-state index in [0.717, 1.165) is 25.5 Å². The Labute approximate surface area is 119 Å². The fourth-order valence-electron chi connectivity index (χ4n) is 2.69. The van der Waals surface area contributed by atoms with Gasteiger partial charge in [-0.05, 0) is 37.5 Å². The summed E-state index contributed by atoms with van der Waals surface area (Å²) < 4.78 is 0. The van der Waals surface area contributed by atoms with Crippen molar-refractivity contribution in [2.45, 2.75) is 32.4 Å². The van der Waals surface area contributed by atoms with Crippen LogP contribution in [0.3, 0.4) is 0 Å². The molecule has 1 fully saturated rings. The van der Waals surface area contributed by atoms with E-state index in [1.807, 2.05) is 24.5 Å². The van der Waals surface area contributed by atoms with Gasteiger partial charge in [-0.1, -0.05) is 6.07 Å². The first kappa shape index (κ1) is 13.1. The molecule has 0 spiro atoms. The van der Waals surface area contributed by atoms with Gasteiger partial charge in [-0.25, -0.2) is 4.98 Å². The van der Waals surface area contributed by atoms with E-state index in [0.29, 0.717) is 6.04 Å². The van der Waals surface area contributed by atoms with Crippen LogP contribution in [0, 0.1) is 6.92 Å². The Hall–Kier alpha value is -1.88. The lowest BCUT2D eigenvalue weighted by Crippen LogP contribution is -2.45. The summed E-state index contributed by atoms with van der Waals surface area (Å²) in [6.07, 6.45) is 6.16. The Bertz CT molecular complexity index is 536. The molecule has 2 N–H and O–H groups in total. The molecule has 20 heavy (non-hydrogen) atoms. The second kappa shape index (κ2) is 6.05. The molecule has 0 amide bonds. The van der Waals surface area contributed by atoms with E-state index in [9.17, 15) is 0 Å². The van der Waals surface area contributed by atoms with Gasteiger partial charge in [-0.2, -0.15) is 5.10 Å². The Morgan fingerprint density at radius 3 is 3.15 bits per heavy atom. The van der Waals surface area contributed by atoms with Crippen molar-refractivity contribution in [1.29, 1.82) is 0 Å². The highest BCUT2D eigenvalue weighted by atomic mass is 15.2. The van der Waals surface area contributed by atoms with E-state index in [1.165, 1.54) is 24.1 Å². The standard InChI is InChI=1S/C15H21N5/c1-12-9-18-19-14(12)10-17-13-5-4-8-20(11-13)15-6-2-3-7-16-15/h2-3,6-7,9,13,17H,4-5,8,10-11H2,1H3,(H,18,19). The Kier molecular flexibility index (Phi) is 3.97. The molecular formula is C15H21N5. The van der Waals surface area contributed by atoms with Gasteiger partial charge in [0, 0.05) is 31.9 Å². The molecule has 1 saturated heterocycles. The molecule has 1 atom stereocenters. The molecule has 2 aromatic heterocycles. The minimum absolute atomic E-state index is 0.508. The van der Waals surface area contributed by atoms with Crippen molar-refractivity contribution in [1.82, 2.24) is 20.5 Å². The number of anilines is 1. The van der Waals surface area contributed by atoms with Gasteiger partial charge >= 0.3 is 0 Å². The Morgan fingerprint density at radius 1 is 1.45 bits per heavy atom. The number of hydrogen-bond acceptors (Lipinski definition) is 4. The zero-order valence-corrected chi connectivity index (χ0v) is 11.8. The number of nitrogens with zero attached hydrogens (tertiary/aromatic N) is 3. The van der Waals surface area contributed by atoms with Gasteiger partial charge in [0.2, 0.25) is 0 Å². The molecule has 1 unspecified atom stereocenters. The third-order valence-corrected chi connectivity index (χ3v) is 3.90. The number of aryl methyl sites for hydroxylation is 1. The maximum absolute atomic E-state index is 4.44. The highest BCUT2D eigenvalue weighted by molar-refractivity contribution is 5.38. The van der Waals surface area contributed by atoms with Crippen molar-refractivity contribution in [3.63, 3.8) is 0 Å². The summed E-state index contributed by atoms with van der Waals surface area (Å²) in [5.41, 5.74) is 2.40. The van der Waals surface area contributed by atoms with Crippen LogP contribution in [0.1, 0.15) is 24.1 Å². The summed E-state index contributed by atoms with van der Waals surface area (Å²) in [4.78, 5) is 6.81. The molecule has 5 heteroatoms. The number of piperidine rings is 1. The van der Waals surface area contributed by atoms with Crippen LogP contribution in [0.25, 0.3) is 0 Å². The molecule has 0 saturated carbocycles. The first-order chi connectivity index (χ1) is 9.83. The van der Waals surface area contributed by atoms with Gasteiger partial charge in [0.1, 0.15) is 5.82 Å². The highest BCUT2D eigenvalue weighted by Gasteiger charge is 2.20. The fraction of sp³-hybridized carbons (Fsp3) is 0.467. The predicted octanol–water partition coefficient (Wildman–Crippen LogP) is 1.87. The molecule has 2 aromatic rings. The van der Waals surface area contributed by atoms with Crippen molar-refractivity contribution < 1.29 is 0 Å². The largest absolute Gasteiger partial charge is 0.355 e. The summed E-state index contributed by atoms with van der Waals surface area (Å²) in [5, 5.41) is 10.7. The maximum Gasteiger partial charge on any atom is 0.128 e. The van der Waals surface area contributed by atoms with Crippen LogP contribution in [-0.2, 0) is 6.54 Å². The van der Waals surface area contributed by atoms with E-state index in [2.05, 4.69) is 38.4 Å². The minimum atomic E-state index is 0.508. The summed E-state index contributed by atoms with van der Waals surface area (Å²) in [6.45, 7) is 5.05. The average molecular weight is 271 g/mol. The third kappa shape index (κ3) is 2.99. The molecule has 0 aliphatic carbocycles. The van der Waals surface area contributed by atoms with E-state index in [1.54, 1.807) is 0 Å². The van der Waals surface area contributed by atoms with Crippen molar-refractivity contribution in [3.05, 3.63) is 41.9 Å². The summed E-state index contributed by atoms with van der Waals surface area (Å²) >= 11 is 0. The van der Waals surface area contributed by atoms with E-state index < -0.39 is 0 Å². The second-order valence-corrected chi connectivity index (χ2v) is 5.39. The maximum atomic E-state index is 4.44. The molecule has 3 heterocycles. The lowest BCUT2D eigenvalue weighted by Gasteiger charge is -2.34. The predicted molar refractivity (Wildman–Crippen MR) is 79.6 cm³/mol. The van der Waals surface area contributed by atoms with Crippen molar-refractivity contribution in [2.24, 2.45) is 0 Å². The van der Waals surface area contributed by atoms with Gasteiger partial charge in [-0.3, -0.25) is 5.10 Å². The molecule has 3 rings (SSSR count). The topological polar surface area (TPSA) is 56.8 Å². The molecule has 5 nitrogen and oxygen atoms in total. The third-order valence-electron chi connectivity index (χ3n) is 3.90. The van der Waals surface area contributed by atoms with Crippen molar-refractivity contribution in [2.75, 3.05) is 18.0 Å². The number of pyridine rings is 1. The second-order valence-electron chi connectivity index (χ2n) is 5.39. The summed E-state index contributed by atoms with van der Waals surface area (Å²) in [5.74, 6) is 1.08. The molecule has 0 bridgehead atoms. The molecular weight excluding hydrogens is 250 g/mol. The van der Waals surface area contributed by atoms with Crippen LogP contribution in [0.4, 0.5) is 5.82 Å². The van der Waals surface area contributed by atoms with E-state index in [-0.39, 0.29) is 0 Å². The number of nitrogens with one attached hydrogen (secondary N) is 2. The zero-order valence-electron chi connectivity index (χ0n) is 11.8. The highest BCUT2D eigenvalue weighted by Crippen LogP contribution is 2.17. The molecule has 1 aliphatic heterocycles. The molecule has 106 valence electrons. The number of H-pyrrole nitrogens is 1. The molecule has 1 aliphatic rings. The molecule has 0 radical (unpaired) electrons. The summed E-state index contributed by atoms with van der Waals surface area (Å²) in [7, 11) is 0. The lowest BCUT2D eigenvalue weighted by atomic mass is 10.1. The fourth-order valence-corrected chi connectivity index (χ4v) is 2.69. The Morgan fingerprint density at radius 2 is 2.40 bits per heavy atom. The van der Waals surface area contributed by atoms with Crippen LogP contribution in [0.5, 0.6) is 0 Å². The SMILES string of the molecule is Cc1cn[nH]c1CNC1CCCN(c2ccccn2)C1. The quantitative estimate of drug-likeness (QED) is 0.891. The normalized spacial score (nSPS) is 19.2. The van der Waals surface area contributed by atoms with Gasteiger partial charge in [0.25, 0.3) is 0 Å². The van der Waals surface area contributed by atoms with Gasteiger partial charge in [0.05, 0.1) is 11.9 Å². The van der Waals surface area contributed by atoms with Gasteiger partial charge in [-0.15, -0.1) is 0 Å². The first-order valence-corrected chi connectivity index (χ1v) is 7.21. The summed E-state index contributed by atoms with van der Waals surface area (Å²) in [6, 6.07) is 6.60. The first-order valence-electron chi connectivity index (χ1n) is 7.21. The van der Waals surface area contributed by atoms with E-state index in [4.69, 9.17) is 0 Å². The number of rotatable bonds is 4. The number of aromatic amines is 1. The van der Waals surface area contributed by atoms with Gasteiger partial charge in [0.15, 0.2) is 0 Å². The van der Waals surface area contributed by atoms with Crippen molar-refractivity contribution >= 4 is 5.82 Å². The number of hydrogen-bond donors (Lipinski definition) is 2. The van der Waals surface area contributed by atoms with Crippen molar-refractivity contribution in [3.8, 4) is 0 Å². The van der Waals surface area contributed by atoms with Crippen LogP contribution >= 0.6 is 0 Å².